The van der Waals surface area contributed by atoms with Crippen LogP contribution in [-0.2, 0) is 19.6 Å². The molecule has 6 nitrogen and oxygen atoms in total. The number of nitrogens with zero attached hydrogens (tertiary/aromatic N) is 1. The summed E-state index contributed by atoms with van der Waals surface area (Å²) in [5, 5.41) is 9.01. The second-order valence-corrected chi connectivity index (χ2v) is 7.93. The summed E-state index contributed by atoms with van der Waals surface area (Å²) in [6, 6.07) is 9.70. The lowest BCUT2D eigenvalue weighted by Crippen LogP contribution is -2.10. The molecule has 0 saturated heterocycles. The molecular formula is C18H12Cl3NO5S. The molecule has 0 radical (unpaired) electrons. The van der Waals surface area contributed by atoms with Gasteiger partial charge in [-0.05, 0) is 42.8 Å². The van der Waals surface area contributed by atoms with Crippen LogP contribution < -0.4 is 4.18 Å². The van der Waals surface area contributed by atoms with Crippen LogP contribution in [0.5, 0.6) is 5.75 Å². The van der Waals surface area contributed by atoms with Crippen molar-refractivity contribution < 1.29 is 22.1 Å². The summed E-state index contributed by atoms with van der Waals surface area (Å²) in [5.74, 6) is -0.754. The average molecular weight is 461 g/mol. The highest BCUT2D eigenvalue weighted by atomic mass is 35.5. The molecular weight excluding hydrogens is 449 g/mol. The minimum absolute atomic E-state index is 0.00562. The van der Waals surface area contributed by atoms with Gasteiger partial charge in [-0.3, -0.25) is 0 Å². The number of carbonyl (C=O) groups is 1. The third kappa shape index (κ3) is 5.40. The molecule has 0 aliphatic heterocycles. The second kappa shape index (κ2) is 9.30. The Morgan fingerprint density at radius 1 is 1.11 bits per heavy atom. The molecule has 0 spiro atoms. The SMILES string of the molecule is CCOC(=O)C(C#N)=Cc1ccc(OS(=O)(=O)c2cc(Cl)c(Cl)cc2Cl)cc1. The summed E-state index contributed by atoms with van der Waals surface area (Å²) in [6.45, 7) is 1.76. The summed E-state index contributed by atoms with van der Waals surface area (Å²) < 4.78 is 34.7. The summed E-state index contributed by atoms with van der Waals surface area (Å²) >= 11 is 17.6. The molecule has 0 N–H and O–H groups in total. The number of hydrogen-bond donors (Lipinski definition) is 0. The van der Waals surface area contributed by atoms with E-state index < -0.39 is 16.1 Å². The minimum Gasteiger partial charge on any atom is -0.462 e. The van der Waals surface area contributed by atoms with E-state index in [1.807, 2.05) is 0 Å². The van der Waals surface area contributed by atoms with Gasteiger partial charge in [0.2, 0.25) is 0 Å². The number of nitriles is 1. The molecule has 0 aromatic heterocycles. The van der Waals surface area contributed by atoms with E-state index in [9.17, 15) is 13.2 Å². The van der Waals surface area contributed by atoms with Crippen LogP contribution in [0, 0.1) is 11.3 Å². The van der Waals surface area contributed by atoms with Crippen molar-refractivity contribution in [3.05, 3.63) is 62.6 Å². The third-order valence-corrected chi connectivity index (χ3v) is 5.69. The first kappa shape index (κ1) is 22.1. The Morgan fingerprint density at radius 2 is 1.71 bits per heavy atom. The highest BCUT2D eigenvalue weighted by Gasteiger charge is 2.22. The van der Waals surface area contributed by atoms with Crippen LogP contribution in [0.1, 0.15) is 12.5 Å². The summed E-state index contributed by atoms with van der Waals surface area (Å²) in [5.41, 5.74) is 0.285. The molecule has 0 aliphatic carbocycles. The van der Waals surface area contributed by atoms with Crippen molar-refractivity contribution in [2.24, 2.45) is 0 Å². The quantitative estimate of drug-likeness (QED) is 0.200. The first-order chi connectivity index (χ1) is 13.2. The Hall–Kier alpha value is -2.24. The number of halogens is 3. The van der Waals surface area contributed by atoms with Gasteiger partial charge in [-0.25, -0.2) is 4.79 Å². The number of esters is 1. The molecule has 2 aromatic rings. The Balaban J connectivity index is 2.26. The molecule has 0 fully saturated rings. The maximum atomic E-state index is 12.4. The van der Waals surface area contributed by atoms with E-state index in [2.05, 4.69) is 0 Å². The fourth-order valence-electron chi connectivity index (χ4n) is 2.00. The van der Waals surface area contributed by atoms with E-state index in [1.54, 1.807) is 13.0 Å². The Kier molecular flexibility index (Phi) is 7.33. The Morgan fingerprint density at radius 3 is 2.29 bits per heavy atom. The van der Waals surface area contributed by atoms with Gasteiger partial charge in [-0.2, -0.15) is 13.7 Å². The van der Waals surface area contributed by atoms with Crippen molar-refractivity contribution in [2.75, 3.05) is 6.61 Å². The lowest BCUT2D eigenvalue weighted by molar-refractivity contribution is -0.137. The molecule has 2 aromatic carbocycles. The fraction of sp³-hybridized carbons (Fsp3) is 0.111. The van der Waals surface area contributed by atoms with Gasteiger partial charge in [-0.15, -0.1) is 0 Å². The van der Waals surface area contributed by atoms with Gasteiger partial charge in [0.25, 0.3) is 0 Å². The first-order valence-corrected chi connectivity index (χ1v) is 10.2. The smallest absolute Gasteiger partial charge is 0.348 e. The number of hydrogen-bond acceptors (Lipinski definition) is 6. The van der Waals surface area contributed by atoms with E-state index in [4.69, 9.17) is 49.0 Å². The van der Waals surface area contributed by atoms with E-state index in [0.29, 0.717) is 5.56 Å². The molecule has 0 aliphatic rings. The van der Waals surface area contributed by atoms with Gasteiger partial charge in [0.15, 0.2) is 0 Å². The van der Waals surface area contributed by atoms with Gasteiger partial charge < -0.3 is 8.92 Å². The third-order valence-electron chi connectivity index (χ3n) is 3.26. The molecule has 0 bridgehead atoms. The fourth-order valence-corrected chi connectivity index (χ4v) is 3.91. The molecule has 0 atom stereocenters. The zero-order valence-corrected chi connectivity index (χ0v) is 17.4. The van der Waals surface area contributed by atoms with Crippen LogP contribution in [0.2, 0.25) is 15.1 Å². The number of carbonyl (C=O) groups excluding carboxylic acids is 1. The number of rotatable bonds is 6. The molecule has 0 heterocycles. The molecule has 28 heavy (non-hydrogen) atoms. The van der Waals surface area contributed by atoms with E-state index in [-0.39, 0.29) is 37.9 Å². The molecule has 2 rings (SSSR count). The number of ether oxygens (including phenoxy) is 1. The second-order valence-electron chi connectivity index (χ2n) is 5.19. The largest absolute Gasteiger partial charge is 0.462 e. The average Bonchev–Trinajstić information content (AvgIpc) is 2.63. The molecule has 0 unspecified atom stereocenters. The van der Waals surface area contributed by atoms with Crippen molar-refractivity contribution in [3.63, 3.8) is 0 Å². The summed E-state index contributed by atoms with van der Waals surface area (Å²) in [4.78, 5) is 11.3. The van der Waals surface area contributed by atoms with E-state index in [0.717, 1.165) is 6.07 Å². The van der Waals surface area contributed by atoms with Gasteiger partial charge in [0.1, 0.15) is 22.3 Å². The van der Waals surface area contributed by atoms with E-state index in [1.165, 1.54) is 36.4 Å². The topological polar surface area (TPSA) is 93.5 Å². The number of benzene rings is 2. The van der Waals surface area contributed by atoms with Crippen LogP contribution in [0.25, 0.3) is 6.08 Å². The molecule has 146 valence electrons. The maximum absolute atomic E-state index is 12.4. The van der Waals surface area contributed by atoms with Crippen LogP contribution >= 0.6 is 34.8 Å². The van der Waals surface area contributed by atoms with Crippen molar-refractivity contribution >= 4 is 57.0 Å². The highest BCUT2D eigenvalue weighted by molar-refractivity contribution is 7.87. The highest BCUT2D eigenvalue weighted by Crippen LogP contribution is 2.33. The van der Waals surface area contributed by atoms with Crippen LogP contribution in [0.3, 0.4) is 0 Å². The molecule has 0 amide bonds. The predicted molar refractivity (Wildman–Crippen MR) is 106 cm³/mol. The molecule has 10 heteroatoms. The zero-order chi connectivity index (χ0) is 20.9. The van der Waals surface area contributed by atoms with Crippen molar-refractivity contribution in [1.82, 2.24) is 0 Å². The van der Waals surface area contributed by atoms with Crippen LogP contribution in [-0.4, -0.2) is 21.0 Å². The van der Waals surface area contributed by atoms with Gasteiger partial charge in [0.05, 0.1) is 21.7 Å². The van der Waals surface area contributed by atoms with E-state index >= 15 is 0 Å². The lowest BCUT2D eigenvalue weighted by atomic mass is 10.1. The standard InChI is InChI=1S/C18H12Cl3NO5S/c1-2-26-18(23)12(10-22)7-11-3-5-13(6-4-11)27-28(24,25)17-9-15(20)14(19)8-16(17)21/h3-9H,2H2,1H3. The monoisotopic (exact) mass is 459 g/mol. The summed E-state index contributed by atoms with van der Waals surface area (Å²) in [7, 11) is -4.26. The molecule has 0 saturated carbocycles. The van der Waals surface area contributed by atoms with Crippen LogP contribution in [0.4, 0.5) is 0 Å². The minimum atomic E-state index is -4.26. The Bertz CT molecular complexity index is 1070. The van der Waals surface area contributed by atoms with Gasteiger partial charge in [0, 0.05) is 0 Å². The normalized spacial score (nSPS) is 11.6. The lowest BCUT2D eigenvalue weighted by Gasteiger charge is -2.10. The Labute approximate surface area is 177 Å². The van der Waals surface area contributed by atoms with Crippen molar-refractivity contribution in [3.8, 4) is 11.8 Å². The first-order valence-electron chi connectivity index (χ1n) is 7.66. The predicted octanol–water partition coefficient (Wildman–Crippen LogP) is 4.88. The summed E-state index contributed by atoms with van der Waals surface area (Å²) in [6.07, 6.45) is 1.31. The van der Waals surface area contributed by atoms with Crippen LogP contribution in [0.15, 0.2) is 46.9 Å². The maximum Gasteiger partial charge on any atom is 0.348 e. The van der Waals surface area contributed by atoms with Crippen molar-refractivity contribution in [1.29, 1.82) is 5.26 Å². The van der Waals surface area contributed by atoms with Crippen molar-refractivity contribution in [2.45, 2.75) is 11.8 Å². The van der Waals surface area contributed by atoms with Gasteiger partial charge >= 0.3 is 16.1 Å². The van der Waals surface area contributed by atoms with Gasteiger partial charge in [-0.1, -0.05) is 46.9 Å². The zero-order valence-electron chi connectivity index (χ0n) is 14.3.